The number of sulfonamides is 1. The molecule has 2 atom stereocenters. The molecular formula is C19H26N2O4S2. The highest BCUT2D eigenvalue weighted by Crippen LogP contribution is 2.63. The van der Waals surface area contributed by atoms with Crippen molar-refractivity contribution >= 4 is 21.4 Å². The van der Waals surface area contributed by atoms with E-state index in [0.29, 0.717) is 36.3 Å². The zero-order chi connectivity index (χ0) is 19.6. The monoisotopic (exact) mass is 410 g/mol. The van der Waals surface area contributed by atoms with Gasteiger partial charge in [0.25, 0.3) is 0 Å². The smallest absolute Gasteiger partial charge is 0.244 e. The molecule has 0 N–H and O–H groups in total. The maximum absolute atomic E-state index is 13.4. The van der Waals surface area contributed by atoms with Crippen molar-refractivity contribution in [2.75, 3.05) is 26.8 Å². The summed E-state index contributed by atoms with van der Waals surface area (Å²) in [6.07, 6.45) is 0.996. The van der Waals surface area contributed by atoms with Gasteiger partial charge in [-0.15, -0.1) is 11.3 Å². The Morgan fingerprint density at radius 3 is 2.70 bits per heavy atom. The second kappa shape index (κ2) is 6.14. The van der Waals surface area contributed by atoms with Crippen molar-refractivity contribution in [3.05, 3.63) is 22.7 Å². The predicted molar refractivity (Wildman–Crippen MR) is 104 cm³/mol. The first-order valence-electron chi connectivity index (χ1n) is 9.12. The summed E-state index contributed by atoms with van der Waals surface area (Å²) in [6, 6.07) is 3.55. The number of rotatable bonds is 5. The standard InChI is InChI=1S/C19H26N2O4S2/c1-12-6-14(25-20-12)15-7-16(13(2)26-15)27(22,23)21-8-17-18(3,4)9-19(17,10-21)11-24-5/h6-7,17H,8-11H2,1-5H3/t17-,19-/m1/s1. The Labute approximate surface area is 164 Å². The van der Waals surface area contributed by atoms with Crippen LogP contribution in [-0.4, -0.2) is 44.7 Å². The molecule has 2 aromatic rings. The van der Waals surface area contributed by atoms with E-state index < -0.39 is 10.0 Å². The van der Waals surface area contributed by atoms with Gasteiger partial charge in [-0.05, 0) is 37.7 Å². The Hall–Kier alpha value is -1.22. The maximum Gasteiger partial charge on any atom is 0.244 e. The number of hydrogen-bond acceptors (Lipinski definition) is 6. The topological polar surface area (TPSA) is 72.6 Å². The van der Waals surface area contributed by atoms with Gasteiger partial charge in [-0.2, -0.15) is 4.31 Å². The summed E-state index contributed by atoms with van der Waals surface area (Å²) < 4.78 is 39.3. The van der Waals surface area contributed by atoms with E-state index in [-0.39, 0.29) is 10.8 Å². The van der Waals surface area contributed by atoms with Crippen LogP contribution in [0.15, 0.2) is 21.6 Å². The van der Waals surface area contributed by atoms with Gasteiger partial charge < -0.3 is 9.26 Å². The molecule has 4 rings (SSSR count). The highest BCUT2D eigenvalue weighted by atomic mass is 32.2. The lowest BCUT2D eigenvalue weighted by atomic mass is 9.48. The van der Waals surface area contributed by atoms with E-state index >= 15 is 0 Å². The molecule has 0 bridgehead atoms. The first-order chi connectivity index (χ1) is 12.6. The summed E-state index contributed by atoms with van der Waals surface area (Å²) in [6.45, 7) is 9.85. The van der Waals surface area contributed by atoms with E-state index in [0.717, 1.165) is 21.9 Å². The van der Waals surface area contributed by atoms with Gasteiger partial charge in [0, 0.05) is 36.6 Å². The third kappa shape index (κ3) is 2.88. The number of aromatic nitrogens is 1. The summed E-state index contributed by atoms with van der Waals surface area (Å²) in [7, 11) is -1.86. The number of thiophene rings is 1. The summed E-state index contributed by atoms with van der Waals surface area (Å²) in [5.41, 5.74) is 0.870. The second-order valence-electron chi connectivity index (χ2n) is 8.67. The SMILES string of the molecule is COC[C@@]12CN(S(=O)(=O)c3cc(-c4cc(C)no4)sc3C)C[C@@H]1C(C)(C)C2. The van der Waals surface area contributed by atoms with Gasteiger partial charge in [-0.3, -0.25) is 0 Å². The van der Waals surface area contributed by atoms with Crippen molar-refractivity contribution in [1.82, 2.24) is 9.46 Å². The van der Waals surface area contributed by atoms with E-state index in [4.69, 9.17) is 9.26 Å². The number of ether oxygens (including phenoxy) is 1. The van der Waals surface area contributed by atoms with Crippen LogP contribution >= 0.6 is 11.3 Å². The van der Waals surface area contributed by atoms with Crippen molar-refractivity contribution < 1.29 is 17.7 Å². The minimum absolute atomic E-state index is 0.0554. The summed E-state index contributed by atoms with van der Waals surface area (Å²) in [5, 5.41) is 3.90. The van der Waals surface area contributed by atoms with Crippen molar-refractivity contribution in [3.8, 4) is 10.6 Å². The highest BCUT2D eigenvalue weighted by Gasteiger charge is 2.64. The number of aryl methyl sites for hydroxylation is 2. The minimum Gasteiger partial charge on any atom is -0.384 e. The molecule has 1 aliphatic heterocycles. The first-order valence-corrected chi connectivity index (χ1v) is 11.4. The molecule has 8 heteroatoms. The summed E-state index contributed by atoms with van der Waals surface area (Å²) in [5.74, 6) is 0.940. The fraction of sp³-hybridized carbons (Fsp3) is 0.632. The summed E-state index contributed by atoms with van der Waals surface area (Å²) in [4.78, 5) is 1.95. The van der Waals surface area contributed by atoms with Gasteiger partial charge in [-0.1, -0.05) is 19.0 Å². The molecule has 3 heterocycles. The third-order valence-electron chi connectivity index (χ3n) is 6.16. The van der Waals surface area contributed by atoms with Crippen LogP contribution in [0, 0.1) is 30.6 Å². The van der Waals surface area contributed by atoms with Gasteiger partial charge in [0.1, 0.15) is 0 Å². The van der Waals surface area contributed by atoms with Crippen molar-refractivity contribution in [1.29, 1.82) is 0 Å². The Balaban J connectivity index is 1.66. The normalized spacial score (nSPS) is 27.5. The van der Waals surface area contributed by atoms with Crippen LogP contribution < -0.4 is 0 Å². The molecule has 2 aromatic heterocycles. The molecule has 0 aromatic carbocycles. The van der Waals surface area contributed by atoms with Gasteiger partial charge in [0.15, 0.2) is 5.76 Å². The van der Waals surface area contributed by atoms with Crippen molar-refractivity contribution in [2.45, 2.75) is 39.0 Å². The van der Waals surface area contributed by atoms with Gasteiger partial charge in [0.2, 0.25) is 10.0 Å². The van der Waals surface area contributed by atoms with Crippen molar-refractivity contribution in [2.24, 2.45) is 16.7 Å². The molecular weight excluding hydrogens is 384 g/mol. The average Bonchev–Trinajstić information content (AvgIpc) is 3.24. The molecule has 0 unspecified atom stereocenters. The Kier molecular flexibility index (Phi) is 4.34. The maximum atomic E-state index is 13.4. The zero-order valence-electron chi connectivity index (χ0n) is 16.4. The molecule has 148 valence electrons. The zero-order valence-corrected chi connectivity index (χ0v) is 18.0. The number of fused-ring (bicyclic) bond motifs is 1. The van der Waals surface area contributed by atoms with Crippen LogP contribution in [0.4, 0.5) is 0 Å². The summed E-state index contributed by atoms with van der Waals surface area (Å²) >= 11 is 1.43. The number of methoxy groups -OCH3 is 1. The molecule has 1 saturated carbocycles. The molecule has 0 radical (unpaired) electrons. The molecule has 0 spiro atoms. The van der Waals surface area contributed by atoms with Crippen LogP contribution in [-0.2, 0) is 14.8 Å². The Morgan fingerprint density at radius 1 is 1.37 bits per heavy atom. The lowest BCUT2D eigenvalue weighted by Gasteiger charge is -2.56. The van der Waals surface area contributed by atoms with E-state index in [2.05, 4.69) is 19.0 Å². The van der Waals surface area contributed by atoms with E-state index in [9.17, 15) is 8.42 Å². The Morgan fingerprint density at radius 2 is 2.11 bits per heavy atom. The molecule has 1 aliphatic carbocycles. The van der Waals surface area contributed by atoms with E-state index in [1.54, 1.807) is 17.5 Å². The van der Waals surface area contributed by atoms with Crippen LogP contribution in [0.25, 0.3) is 10.6 Å². The van der Waals surface area contributed by atoms with Gasteiger partial charge in [-0.25, -0.2) is 8.42 Å². The molecule has 27 heavy (non-hydrogen) atoms. The predicted octanol–water partition coefficient (Wildman–Crippen LogP) is 3.70. The Bertz CT molecular complexity index is 976. The van der Waals surface area contributed by atoms with Crippen LogP contribution in [0.5, 0.6) is 0 Å². The van der Waals surface area contributed by atoms with Gasteiger partial charge in [0.05, 0.1) is 22.1 Å². The molecule has 1 saturated heterocycles. The van der Waals surface area contributed by atoms with E-state index in [1.807, 2.05) is 19.9 Å². The quantitative estimate of drug-likeness (QED) is 0.751. The lowest BCUT2D eigenvalue weighted by molar-refractivity contribution is -0.106. The average molecular weight is 411 g/mol. The molecule has 2 aliphatic rings. The van der Waals surface area contributed by atoms with Crippen molar-refractivity contribution in [3.63, 3.8) is 0 Å². The fourth-order valence-corrected chi connectivity index (χ4v) is 8.27. The molecule has 6 nitrogen and oxygen atoms in total. The van der Waals surface area contributed by atoms with E-state index in [1.165, 1.54) is 11.3 Å². The largest absolute Gasteiger partial charge is 0.384 e. The second-order valence-corrected chi connectivity index (χ2v) is 11.8. The highest BCUT2D eigenvalue weighted by molar-refractivity contribution is 7.89. The molecule has 2 fully saturated rings. The first kappa shape index (κ1) is 19.1. The number of nitrogens with zero attached hydrogens (tertiary/aromatic N) is 2. The van der Waals surface area contributed by atoms with Gasteiger partial charge >= 0.3 is 0 Å². The lowest BCUT2D eigenvalue weighted by Crippen LogP contribution is -2.55. The number of hydrogen-bond donors (Lipinski definition) is 0. The van der Waals surface area contributed by atoms with Crippen LogP contribution in [0.3, 0.4) is 0 Å². The fourth-order valence-electron chi connectivity index (χ4n) is 5.21. The minimum atomic E-state index is -3.56. The van der Waals surface area contributed by atoms with Crippen LogP contribution in [0.1, 0.15) is 30.8 Å². The molecule has 0 amide bonds. The van der Waals surface area contributed by atoms with Crippen LogP contribution in [0.2, 0.25) is 0 Å². The third-order valence-corrected chi connectivity index (χ3v) is 9.29.